The first-order valence-electron chi connectivity index (χ1n) is 7.32. The van der Waals surface area contributed by atoms with E-state index in [0.29, 0.717) is 0 Å². The molecule has 18 heavy (non-hydrogen) atoms. The highest BCUT2D eigenvalue weighted by molar-refractivity contribution is 5.72. The number of hydrogen-bond acceptors (Lipinski definition) is 1. The van der Waals surface area contributed by atoms with E-state index >= 15 is 0 Å². The molecule has 0 unspecified atom stereocenters. The van der Waals surface area contributed by atoms with Crippen molar-refractivity contribution in [3.63, 3.8) is 0 Å². The van der Waals surface area contributed by atoms with Crippen molar-refractivity contribution in [1.29, 1.82) is 0 Å². The first-order valence-corrected chi connectivity index (χ1v) is 7.32. The molecule has 98 valence electrons. The summed E-state index contributed by atoms with van der Waals surface area (Å²) in [5, 5.41) is 0. The van der Waals surface area contributed by atoms with Crippen molar-refractivity contribution < 1.29 is 0 Å². The van der Waals surface area contributed by atoms with Gasteiger partial charge in [0.05, 0.1) is 0 Å². The van der Waals surface area contributed by atoms with Gasteiger partial charge in [0.1, 0.15) is 0 Å². The van der Waals surface area contributed by atoms with Crippen LogP contribution in [0.25, 0.3) is 6.08 Å². The fourth-order valence-corrected chi connectivity index (χ4v) is 2.70. The molecule has 1 aliphatic rings. The van der Waals surface area contributed by atoms with Crippen LogP contribution >= 0.6 is 0 Å². The number of para-hydroxylation sites is 1. The van der Waals surface area contributed by atoms with Gasteiger partial charge in [-0.2, -0.15) is 0 Å². The van der Waals surface area contributed by atoms with Crippen molar-refractivity contribution in [2.45, 2.75) is 46.0 Å². The van der Waals surface area contributed by atoms with Gasteiger partial charge in [-0.25, -0.2) is 0 Å². The van der Waals surface area contributed by atoms with Crippen molar-refractivity contribution in [1.82, 2.24) is 0 Å². The second kappa shape index (κ2) is 6.63. The molecule has 1 heteroatoms. The van der Waals surface area contributed by atoms with Crippen molar-refractivity contribution in [3.8, 4) is 0 Å². The molecule has 0 radical (unpaired) electrons. The Balaban J connectivity index is 1.91. The SMILES string of the molecule is CCCCCCCN1CC(C)=Cc2ccccc21. The highest BCUT2D eigenvalue weighted by atomic mass is 15.1. The van der Waals surface area contributed by atoms with Gasteiger partial charge in [-0.15, -0.1) is 0 Å². The van der Waals surface area contributed by atoms with E-state index < -0.39 is 0 Å². The minimum atomic E-state index is 1.10. The summed E-state index contributed by atoms with van der Waals surface area (Å²) < 4.78 is 0. The number of nitrogens with zero attached hydrogens (tertiary/aromatic N) is 1. The van der Waals surface area contributed by atoms with Crippen molar-refractivity contribution in [2.24, 2.45) is 0 Å². The van der Waals surface area contributed by atoms with Crippen LogP contribution in [-0.4, -0.2) is 13.1 Å². The van der Waals surface area contributed by atoms with E-state index in [-0.39, 0.29) is 0 Å². The first-order chi connectivity index (χ1) is 8.81. The largest absolute Gasteiger partial charge is 0.367 e. The summed E-state index contributed by atoms with van der Waals surface area (Å²) in [7, 11) is 0. The molecule has 0 aliphatic carbocycles. The van der Waals surface area contributed by atoms with Crippen LogP contribution in [0.2, 0.25) is 0 Å². The molecule has 2 rings (SSSR count). The van der Waals surface area contributed by atoms with Gasteiger partial charge < -0.3 is 4.90 Å². The molecule has 0 fully saturated rings. The molecule has 0 saturated heterocycles. The minimum Gasteiger partial charge on any atom is -0.367 e. The molecule has 0 amide bonds. The van der Waals surface area contributed by atoms with Crippen molar-refractivity contribution >= 4 is 11.8 Å². The zero-order valence-corrected chi connectivity index (χ0v) is 11.8. The zero-order chi connectivity index (χ0) is 12.8. The third kappa shape index (κ3) is 3.38. The molecule has 1 aliphatic heterocycles. The van der Waals surface area contributed by atoms with Gasteiger partial charge in [-0.05, 0) is 25.0 Å². The van der Waals surface area contributed by atoms with E-state index in [1.807, 2.05) is 0 Å². The van der Waals surface area contributed by atoms with Gasteiger partial charge in [0, 0.05) is 18.8 Å². The average molecular weight is 243 g/mol. The Hall–Kier alpha value is -1.24. The van der Waals surface area contributed by atoms with Crippen LogP contribution in [0.4, 0.5) is 5.69 Å². The molecule has 0 spiro atoms. The van der Waals surface area contributed by atoms with Crippen molar-refractivity contribution in [2.75, 3.05) is 18.0 Å². The summed E-state index contributed by atoms with van der Waals surface area (Å²) >= 11 is 0. The molecule has 1 aromatic carbocycles. The molecule has 1 heterocycles. The maximum absolute atomic E-state index is 2.54. The lowest BCUT2D eigenvalue weighted by Gasteiger charge is -2.30. The maximum Gasteiger partial charge on any atom is 0.0442 e. The first kappa shape index (κ1) is 13.2. The monoisotopic (exact) mass is 243 g/mol. The third-order valence-electron chi connectivity index (χ3n) is 3.65. The van der Waals surface area contributed by atoms with Crippen LogP contribution in [0, 0.1) is 0 Å². The van der Waals surface area contributed by atoms with E-state index in [2.05, 4.69) is 49.1 Å². The average Bonchev–Trinajstić information content (AvgIpc) is 2.38. The number of rotatable bonds is 6. The van der Waals surface area contributed by atoms with Gasteiger partial charge >= 0.3 is 0 Å². The molecule has 0 N–H and O–H groups in total. The quantitative estimate of drug-likeness (QED) is 0.644. The number of anilines is 1. The van der Waals surface area contributed by atoms with E-state index in [9.17, 15) is 0 Å². The lowest BCUT2D eigenvalue weighted by molar-refractivity contribution is 0.622. The minimum absolute atomic E-state index is 1.10. The normalized spacial score (nSPS) is 14.3. The van der Waals surface area contributed by atoms with Gasteiger partial charge in [-0.1, -0.05) is 62.5 Å². The van der Waals surface area contributed by atoms with Crippen LogP contribution in [0.15, 0.2) is 29.8 Å². The van der Waals surface area contributed by atoms with Crippen LogP contribution in [-0.2, 0) is 0 Å². The van der Waals surface area contributed by atoms with Gasteiger partial charge in [-0.3, -0.25) is 0 Å². The Morgan fingerprint density at radius 1 is 1.06 bits per heavy atom. The smallest absolute Gasteiger partial charge is 0.0442 e. The molecule has 0 atom stereocenters. The Labute approximate surface area is 112 Å². The summed E-state index contributed by atoms with van der Waals surface area (Å²) in [5.41, 5.74) is 4.27. The fraction of sp³-hybridized carbons (Fsp3) is 0.529. The Kier molecular flexibility index (Phi) is 4.86. The molecule has 0 aromatic heterocycles. The standard InChI is InChI=1S/C17H25N/c1-3-4-5-6-9-12-18-14-15(2)13-16-10-7-8-11-17(16)18/h7-8,10-11,13H,3-6,9,12,14H2,1-2H3. The van der Waals surface area contributed by atoms with Crippen LogP contribution in [0.3, 0.4) is 0 Å². The van der Waals surface area contributed by atoms with E-state index in [1.165, 1.54) is 55.5 Å². The molecular formula is C17H25N. The Morgan fingerprint density at radius 3 is 2.67 bits per heavy atom. The van der Waals surface area contributed by atoms with E-state index in [1.54, 1.807) is 0 Å². The predicted molar refractivity (Wildman–Crippen MR) is 81.1 cm³/mol. The summed E-state index contributed by atoms with van der Waals surface area (Å²) in [4.78, 5) is 2.54. The summed E-state index contributed by atoms with van der Waals surface area (Å²) in [6, 6.07) is 8.76. The van der Waals surface area contributed by atoms with E-state index in [0.717, 1.165) is 6.54 Å². The Bertz CT molecular complexity index is 406. The maximum atomic E-state index is 2.54. The van der Waals surface area contributed by atoms with Crippen molar-refractivity contribution in [3.05, 3.63) is 35.4 Å². The highest BCUT2D eigenvalue weighted by Gasteiger charge is 2.14. The second-order valence-electron chi connectivity index (χ2n) is 5.39. The fourth-order valence-electron chi connectivity index (χ4n) is 2.70. The predicted octanol–water partition coefficient (Wildman–Crippen LogP) is 4.88. The molecule has 1 nitrogen and oxygen atoms in total. The van der Waals surface area contributed by atoms with E-state index in [4.69, 9.17) is 0 Å². The third-order valence-corrected chi connectivity index (χ3v) is 3.65. The summed E-state index contributed by atoms with van der Waals surface area (Å²) in [6.07, 6.45) is 9.12. The molecule has 0 saturated carbocycles. The van der Waals surface area contributed by atoms with Gasteiger partial charge in [0.15, 0.2) is 0 Å². The molecule has 0 bridgehead atoms. The Morgan fingerprint density at radius 2 is 1.83 bits per heavy atom. The second-order valence-corrected chi connectivity index (χ2v) is 5.39. The topological polar surface area (TPSA) is 3.24 Å². The van der Waals surface area contributed by atoms with Crippen LogP contribution in [0.1, 0.15) is 51.5 Å². The lowest BCUT2D eigenvalue weighted by Crippen LogP contribution is -2.29. The summed E-state index contributed by atoms with van der Waals surface area (Å²) in [6.45, 7) is 6.81. The lowest BCUT2D eigenvalue weighted by atomic mass is 10.0. The highest BCUT2D eigenvalue weighted by Crippen LogP contribution is 2.28. The van der Waals surface area contributed by atoms with Gasteiger partial charge in [0.2, 0.25) is 0 Å². The summed E-state index contributed by atoms with van der Waals surface area (Å²) in [5.74, 6) is 0. The number of unbranched alkanes of at least 4 members (excludes halogenated alkanes) is 4. The zero-order valence-electron chi connectivity index (χ0n) is 11.8. The number of fused-ring (bicyclic) bond motifs is 1. The molecular weight excluding hydrogens is 218 g/mol. The number of benzene rings is 1. The number of hydrogen-bond donors (Lipinski definition) is 0. The van der Waals surface area contributed by atoms with Crippen LogP contribution in [0.5, 0.6) is 0 Å². The van der Waals surface area contributed by atoms with Gasteiger partial charge in [0.25, 0.3) is 0 Å². The molecule has 1 aromatic rings. The van der Waals surface area contributed by atoms with Crippen LogP contribution < -0.4 is 4.90 Å².